The second-order valence-electron chi connectivity index (χ2n) is 9.58. The maximum Gasteiger partial charge on any atom is 0.335 e. The number of fused-ring (bicyclic) bond motifs is 2. The van der Waals surface area contributed by atoms with E-state index in [1.807, 2.05) is 13.8 Å². The summed E-state index contributed by atoms with van der Waals surface area (Å²) in [6, 6.07) is 5.45. The molecule has 5 rings (SSSR count). The molecule has 0 unspecified atom stereocenters. The molecule has 2 heterocycles. The summed E-state index contributed by atoms with van der Waals surface area (Å²) < 4.78 is 51.3. The molecule has 0 atom stereocenters. The van der Waals surface area contributed by atoms with Gasteiger partial charge in [0.15, 0.2) is 23.1 Å². The van der Waals surface area contributed by atoms with Crippen molar-refractivity contribution in [3.05, 3.63) is 59.2 Å². The second-order valence-corrected chi connectivity index (χ2v) is 9.58. The van der Waals surface area contributed by atoms with E-state index in [-0.39, 0.29) is 30.2 Å². The Morgan fingerprint density at radius 2 is 1.91 bits per heavy atom. The van der Waals surface area contributed by atoms with Gasteiger partial charge < -0.3 is 14.4 Å². The molecule has 1 saturated carbocycles. The van der Waals surface area contributed by atoms with Crippen LogP contribution >= 0.6 is 0 Å². The number of rotatable bonds is 5. The highest BCUT2D eigenvalue weighted by molar-refractivity contribution is 5.99. The molecule has 0 saturated heterocycles. The van der Waals surface area contributed by atoms with Gasteiger partial charge in [0, 0.05) is 35.3 Å². The van der Waals surface area contributed by atoms with Gasteiger partial charge >= 0.3 is 5.97 Å². The van der Waals surface area contributed by atoms with E-state index in [1.54, 1.807) is 10.6 Å². The Bertz CT molecular complexity index is 1450. The first-order valence-electron chi connectivity index (χ1n) is 11.6. The van der Waals surface area contributed by atoms with Crippen molar-refractivity contribution in [2.75, 3.05) is 7.11 Å². The van der Waals surface area contributed by atoms with Gasteiger partial charge in [0.05, 0.1) is 11.7 Å². The van der Waals surface area contributed by atoms with Crippen LogP contribution < -0.4 is 0 Å². The Balaban J connectivity index is 1.80. The monoisotopic (exact) mass is 485 g/mol. The van der Waals surface area contributed by atoms with Crippen molar-refractivity contribution < 1.29 is 27.8 Å². The van der Waals surface area contributed by atoms with Gasteiger partial charge in [-0.2, -0.15) is 5.10 Å². The SMILES string of the molecule is COC1(C(=O)O)CCC(c2c(C(C)C)n(-c3ccc(F)c(F)c3)c3cc4cn[nH]c4c(F)c23)CC1. The third-order valence-electron chi connectivity index (χ3n) is 7.37. The fourth-order valence-corrected chi connectivity index (χ4v) is 5.61. The highest BCUT2D eigenvalue weighted by Crippen LogP contribution is 2.48. The van der Waals surface area contributed by atoms with E-state index in [1.165, 1.54) is 19.4 Å². The molecule has 0 aliphatic heterocycles. The van der Waals surface area contributed by atoms with E-state index in [9.17, 15) is 18.7 Å². The fraction of sp³-hybridized carbons (Fsp3) is 0.385. The molecule has 1 aliphatic carbocycles. The summed E-state index contributed by atoms with van der Waals surface area (Å²) in [7, 11) is 1.40. The van der Waals surface area contributed by atoms with Crippen molar-refractivity contribution in [3.63, 3.8) is 0 Å². The summed E-state index contributed by atoms with van der Waals surface area (Å²) in [6.45, 7) is 3.94. The zero-order chi connectivity index (χ0) is 25.1. The van der Waals surface area contributed by atoms with E-state index in [0.717, 1.165) is 23.4 Å². The minimum Gasteiger partial charge on any atom is -0.479 e. The molecule has 2 aromatic heterocycles. The smallest absolute Gasteiger partial charge is 0.335 e. The van der Waals surface area contributed by atoms with Gasteiger partial charge in [0.25, 0.3) is 0 Å². The molecule has 184 valence electrons. The minimum absolute atomic E-state index is 0.0880. The molecule has 9 heteroatoms. The van der Waals surface area contributed by atoms with E-state index in [2.05, 4.69) is 10.2 Å². The normalized spacial score (nSPS) is 20.8. The van der Waals surface area contributed by atoms with Crippen LogP contribution in [0.4, 0.5) is 13.2 Å². The van der Waals surface area contributed by atoms with Crippen molar-refractivity contribution >= 4 is 27.8 Å². The number of halogens is 3. The number of aromatic nitrogens is 3. The summed E-state index contributed by atoms with van der Waals surface area (Å²) in [6.07, 6.45) is 3.06. The number of carboxylic acid groups (broad SMARTS) is 1. The number of hydrogen-bond acceptors (Lipinski definition) is 3. The Hall–Kier alpha value is -3.33. The Morgan fingerprint density at radius 1 is 1.20 bits per heavy atom. The first-order valence-corrected chi connectivity index (χ1v) is 11.6. The maximum atomic E-state index is 16.0. The topological polar surface area (TPSA) is 80.1 Å². The Morgan fingerprint density at radius 3 is 2.51 bits per heavy atom. The van der Waals surface area contributed by atoms with Crippen LogP contribution in [0.3, 0.4) is 0 Å². The van der Waals surface area contributed by atoms with Gasteiger partial charge in [-0.05, 0) is 61.3 Å². The molecule has 4 aromatic rings. The standard InChI is InChI=1S/C26H26F3N3O3/c1-13(2)24-20(14-6-8-26(35-3,9-7-14)25(33)34)21-19(10-15-12-30-31-23(15)22(21)29)32(24)16-4-5-17(27)18(28)11-16/h4-5,10-14H,6-9H2,1-3H3,(H,30,31)(H,33,34). The van der Waals surface area contributed by atoms with Crippen LogP contribution in [-0.2, 0) is 9.53 Å². The third-order valence-corrected chi connectivity index (χ3v) is 7.37. The zero-order valence-electron chi connectivity index (χ0n) is 19.7. The van der Waals surface area contributed by atoms with Gasteiger partial charge in [-0.15, -0.1) is 0 Å². The van der Waals surface area contributed by atoms with Gasteiger partial charge in [-0.1, -0.05) is 13.8 Å². The molecule has 35 heavy (non-hydrogen) atoms. The molecular weight excluding hydrogens is 459 g/mol. The van der Waals surface area contributed by atoms with Crippen molar-refractivity contribution in [2.24, 2.45) is 0 Å². The maximum absolute atomic E-state index is 16.0. The van der Waals surface area contributed by atoms with E-state index in [0.29, 0.717) is 34.8 Å². The average Bonchev–Trinajstić information content (AvgIpc) is 3.44. The summed E-state index contributed by atoms with van der Waals surface area (Å²) in [5, 5.41) is 17.4. The molecule has 1 aliphatic rings. The number of benzene rings is 2. The zero-order valence-corrected chi connectivity index (χ0v) is 19.7. The Labute approximate surface area is 199 Å². The number of carbonyl (C=O) groups is 1. The second kappa shape index (κ2) is 8.41. The molecule has 0 amide bonds. The lowest BCUT2D eigenvalue weighted by atomic mass is 9.74. The summed E-state index contributed by atoms with van der Waals surface area (Å²) in [4.78, 5) is 11.9. The van der Waals surface area contributed by atoms with Crippen LogP contribution in [0, 0.1) is 17.5 Å². The van der Waals surface area contributed by atoms with Crippen LogP contribution in [0.25, 0.3) is 27.5 Å². The number of methoxy groups -OCH3 is 1. The van der Waals surface area contributed by atoms with Crippen LogP contribution in [0.5, 0.6) is 0 Å². The molecule has 1 fully saturated rings. The number of hydrogen-bond donors (Lipinski definition) is 2. The Kier molecular flexibility index (Phi) is 5.62. The van der Waals surface area contributed by atoms with E-state index < -0.39 is 29.0 Å². The predicted octanol–water partition coefficient (Wildman–Crippen LogP) is 6.17. The highest BCUT2D eigenvalue weighted by Gasteiger charge is 2.44. The molecule has 0 radical (unpaired) electrons. The molecule has 0 bridgehead atoms. The van der Waals surface area contributed by atoms with Crippen molar-refractivity contribution in [2.45, 2.75) is 57.0 Å². The van der Waals surface area contributed by atoms with Crippen LogP contribution in [0.15, 0.2) is 30.5 Å². The van der Waals surface area contributed by atoms with Crippen LogP contribution in [-0.4, -0.2) is 38.6 Å². The van der Waals surface area contributed by atoms with Crippen LogP contribution in [0.2, 0.25) is 0 Å². The summed E-state index contributed by atoms with van der Waals surface area (Å²) >= 11 is 0. The lowest BCUT2D eigenvalue weighted by Gasteiger charge is -2.36. The average molecular weight is 486 g/mol. The molecular formula is C26H26F3N3O3. The van der Waals surface area contributed by atoms with Crippen molar-refractivity contribution in [1.29, 1.82) is 0 Å². The first kappa shape index (κ1) is 23.4. The number of nitrogens with one attached hydrogen (secondary N) is 1. The predicted molar refractivity (Wildman–Crippen MR) is 125 cm³/mol. The third kappa shape index (κ3) is 3.52. The van der Waals surface area contributed by atoms with E-state index in [4.69, 9.17) is 4.74 Å². The number of aliphatic carboxylic acids is 1. The van der Waals surface area contributed by atoms with Gasteiger partial charge in [0.2, 0.25) is 0 Å². The highest BCUT2D eigenvalue weighted by atomic mass is 19.2. The van der Waals surface area contributed by atoms with Crippen molar-refractivity contribution in [1.82, 2.24) is 14.8 Å². The van der Waals surface area contributed by atoms with Gasteiger partial charge in [-0.3, -0.25) is 5.10 Å². The molecule has 2 aromatic carbocycles. The van der Waals surface area contributed by atoms with Gasteiger partial charge in [-0.25, -0.2) is 18.0 Å². The van der Waals surface area contributed by atoms with E-state index >= 15 is 4.39 Å². The lowest BCUT2D eigenvalue weighted by Crippen LogP contribution is -2.43. The first-order chi connectivity index (χ1) is 16.7. The largest absolute Gasteiger partial charge is 0.479 e. The number of aromatic amines is 1. The van der Waals surface area contributed by atoms with Crippen molar-refractivity contribution in [3.8, 4) is 5.69 Å². The number of H-pyrrole nitrogens is 1. The molecule has 6 nitrogen and oxygen atoms in total. The number of carboxylic acids is 1. The minimum atomic E-state index is -1.26. The summed E-state index contributed by atoms with van der Waals surface area (Å²) in [5.41, 5.74) is 1.48. The lowest BCUT2D eigenvalue weighted by molar-refractivity contribution is -0.166. The van der Waals surface area contributed by atoms with Crippen LogP contribution in [0.1, 0.15) is 62.6 Å². The number of nitrogens with zero attached hydrogens (tertiary/aromatic N) is 2. The number of ether oxygens (including phenoxy) is 1. The quantitative estimate of drug-likeness (QED) is 0.354. The fourth-order valence-electron chi connectivity index (χ4n) is 5.61. The molecule has 2 N–H and O–H groups in total. The van der Waals surface area contributed by atoms with Gasteiger partial charge in [0.1, 0.15) is 5.52 Å². The molecule has 0 spiro atoms. The summed E-state index contributed by atoms with van der Waals surface area (Å²) in [5.74, 6) is -3.65.